The highest BCUT2D eigenvalue weighted by Crippen LogP contribution is 2.25. The Morgan fingerprint density at radius 2 is 2.00 bits per heavy atom. The van der Waals surface area contributed by atoms with Crippen LogP contribution in [0.4, 0.5) is 13.2 Å². The summed E-state index contributed by atoms with van der Waals surface area (Å²) in [5, 5.41) is 0. The van der Waals surface area contributed by atoms with Crippen LogP contribution in [0.5, 0.6) is 5.75 Å². The summed E-state index contributed by atoms with van der Waals surface area (Å²) in [7, 11) is 0. The summed E-state index contributed by atoms with van der Waals surface area (Å²) >= 11 is 5.51. The Labute approximate surface area is 113 Å². The number of rotatable bonds is 6. The van der Waals surface area contributed by atoms with Crippen LogP contribution >= 0.6 is 11.6 Å². The lowest BCUT2D eigenvalue weighted by Crippen LogP contribution is -2.11. The molecule has 0 aromatic heterocycles. The largest absolute Gasteiger partial charge is 0.466 e. The molecule has 1 rings (SSSR count). The van der Waals surface area contributed by atoms with Gasteiger partial charge in [-0.25, -0.2) is 4.39 Å². The molecule has 7 heteroatoms. The average molecular weight is 297 g/mol. The molecule has 3 nitrogen and oxygen atoms in total. The molecule has 0 bridgehead atoms. The third-order valence-corrected chi connectivity index (χ3v) is 2.49. The Balaban J connectivity index is 3.03. The van der Waals surface area contributed by atoms with Crippen molar-refractivity contribution in [2.24, 2.45) is 0 Å². The lowest BCUT2D eigenvalue weighted by atomic mass is 10.1. The first-order chi connectivity index (χ1) is 8.97. The molecule has 0 aliphatic rings. The number of carbonyl (C=O) groups is 1. The highest BCUT2D eigenvalue weighted by molar-refractivity contribution is 6.17. The standard InChI is InChI=1S/C12H12ClF3O3/c1-2-18-10(17)5-7-3-9(19-12(15)16)4-8(6-13)11(7)14/h3-4,12H,2,5-6H2,1H3. The molecule has 0 heterocycles. The third kappa shape index (κ3) is 4.63. The summed E-state index contributed by atoms with van der Waals surface area (Å²) in [6.45, 7) is -1.28. The number of esters is 1. The fraction of sp³-hybridized carbons (Fsp3) is 0.417. The zero-order chi connectivity index (χ0) is 14.4. The van der Waals surface area contributed by atoms with Crippen molar-refractivity contribution in [3.63, 3.8) is 0 Å². The molecule has 1 aromatic rings. The van der Waals surface area contributed by atoms with Gasteiger partial charge in [0.2, 0.25) is 0 Å². The van der Waals surface area contributed by atoms with Crippen LogP contribution < -0.4 is 4.74 Å². The molecule has 19 heavy (non-hydrogen) atoms. The van der Waals surface area contributed by atoms with E-state index in [-0.39, 0.29) is 35.8 Å². The molecular weight excluding hydrogens is 285 g/mol. The molecule has 0 amide bonds. The van der Waals surface area contributed by atoms with Crippen LogP contribution in [-0.2, 0) is 21.8 Å². The van der Waals surface area contributed by atoms with Crippen molar-refractivity contribution >= 4 is 17.6 Å². The van der Waals surface area contributed by atoms with E-state index in [0.717, 1.165) is 12.1 Å². The Hall–Kier alpha value is -1.43. The number of alkyl halides is 3. The molecule has 0 unspecified atom stereocenters. The number of halogens is 4. The highest BCUT2D eigenvalue weighted by Gasteiger charge is 2.16. The lowest BCUT2D eigenvalue weighted by molar-refractivity contribution is -0.142. The smallest absolute Gasteiger partial charge is 0.387 e. The second-order valence-corrected chi connectivity index (χ2v) is 3.82. The van der Waals surface area contributed by atoms with E-state index in [1.165, 1.54) is 0 Å². The van der Waals surface area contributed by atoms with Crippen LogP contribution in [0.1, 0.15) is 18.1 Å². The fourth-order valence-electron chi connectivity index (χ4n) is 1.48. The quantitative estimate of drug-likeness (QED) is 0.597. The van der Waals surface area contributed by atoms with E-state index in [4.69, 9.17) is 11.6 Å². The summed E-state index contributed by atoms with van der Waals surface area (Å²) in [4.78, 5) is 11.3. The van der Waals surface area contributed by atoms with Crippen molar-refractivity contribution in [3.8, 4) is 5.75 Å². The van der Waals surface area contributed by atoms with Crippen LogP contribution in [0.2, 0.25) is 0 Å². The Morgan fingerprint density at radius 1 is 1.37 bits per heavy atom. The van der Waals surface area contributed by atoms with Crippen molar-refractivity contribution < 1.29 is 27.4 Å². The number of hydrogen-bond donors (Lipinski definition) is 0. The molecule has 0 radical (unpaired) electrons. The first kappa shape index (κ1) is 15.6. The molecule has 106 valence electrons. The first-order valence-electron chi connectivity index (χ1n) is 5.45. The third-order valence-electron chi connectivity index (χ3n) is 2.21. The van der Waals surface area contributed by atoms with Crippen LogP contribution in [0, 0.1) is 5.82 Å². The van der Waals surface area contributed by atoms with Crippen LogP contribution in [0.25, 0.3) is 0 Å². The van der Waals surface area contributed by atoms with Crippen LogP contribution in [0.3, 0.4) is 0 Å². The predicted molar refractivity (Wildman–Crippen MR) is 62.9 cm³/mol. The predicted octanol–water partition coefficient (Wildman–Crippen LogP) is 3.27. The van der Waals surface area contributed by atoms with E-state index in [0.29, 0.717) is 0 Å². The monoisotopic (exact) mass is 296 g/mol. The molecule has 0 atom stereocenters. The van der Waals surface area contributed by atoms with Gasteiger partial charge in [0, 0.05) is 11.1 Å². The fourth-order valence-corrected chi connectivity index (χ4v) is 1.68. The molecule has 0 spiro atoms. The van der Waals surface area contributed by atoms with Gasteiger partial charge < -0.3 is 9.47 Å². The first-order valence-corrected chi connectivity index (χ1v) is 5.99. The molecular formula is C12H12ClF3O3. The van der Waals surface area contributed by atoms with Gasteiger partial charge >= 0.3 is 12.6 Å². The Bertz CT molecular complexity index is 452. The minimum absolute atomic E-state index is 0.0147. The Morgan fingerprint density at radius 3 is 2.53 bits per heavy atom. The van der Waals surface area contributed by atoms with E-state index >= 15 is 0 Å². The SMILES string of the molecule is CCOC(=O)Cc1cc(OC(F)F)cc(CCl)c1F. The molecule has 0 N–H and O–H groups in total. The van der Waals surface area contributed by atoms with Gasteiger partial charge in [0.1, 0.15) is 11.6 Å². The maximum absolute atomic E-state index is 13.9. The van der Waals surface area contributed by atoms with Crippen molar-refractivity contribution in [1.29, 1.82) is 0 Å². The van der Waals surface area contributed by atoms with Gasteiger partial charge in [-0.2, -0.15) is 8.78 Å². The van der Waals surface area contributed by atoms with E-state index in [2.05, 4.69) is 9.47 Å². The topological polar surface area (TPSA) is 35.5 Å². The maximum Gasteiger partial charge on any atom is 0.387 e. The second kappa shape index (κ2) is 7.23. The van der Waals surface area contributed by atoms with Gasteiger partial charge in [-0.05, 0) is 19.1 Å². The minimum atomic E-state index is -3.04. The summed E-state index contributed by atoms with van der Waals surface area (Å²) in [6.07, 6.45) is -0.371. The van der Waals surface area contributed by atoms with Gasteiger partial charge in [-0.1, -0.05) is 0 Å². The number of benzene rings is 1. The van der Waals surface area contributed by atoms with E-state index in [1.807, 2.05) is 0 Å². The number of carbonyl (C=O) groups excluding carboxylic acids is 1. The lowest BCUT2D eigenvalue weighted by Gasteiger charge is -2.11. The Kier molecular flexibility index (Phi) is 5.95. The van der Waals surface area contributed by atoms with Crippen molar-refractivity contribution in [1.82, 2.24) is 0 Å². The molecule has 0 saturated carbocycles. The average Bonchev–Trinajstić information content (AvgIpc) is 2.32. The molecule has 1 aromatic carbocycles. The van der Waals surface area contributed by atoms with Crippen molar-refractivity contribution in [2.75, 3.05) is 6.61 Å². The van der Waals surface area contributed by atoms with Crippen LogP contribution in [-0.4, -0.2) is 19.2 Å². The van der Waals surface area contributed by atoms with Gasteiger partial charge in [0.25, 0.3) is 0 Å². The summed E-state index contributed by atoms with van der Waals surface area (Å²) in [6, 6.07) is 2.11. The zero-order valence-electron chi connectivity index (χ0n) is 10.1. The minimum Gasteiger partial charge on any atom is -0.466 e. The summed E-state index contributed by atoms with van der Waals surface area (Å²) in [5.74, 6) is -1.84. The van der Waals surface area contributed by atoms with Crippen molar-refractivity contribution in [3.05, 3.63) is 29.1 Å². The van der Waals surface area contributed by atoms with E-state index < -0.39 is 18.4 Å². The molecule has 0 saturated heterocycles. The molecule has 0 aliphatic carbocycles. The second-order valence-electron chi connectivity index (χ2n) is 3.55. The summed E-state index contributed by atoms with van der Waals surface area (Å²) in [5.41, 5.74) is -0.105. The highest BCUT2D eigenvalue weighted by atomic mass is 35.5. The molecule has 0 aliphatic heterocycles. The normalized spacial score (nSPS) is 10.6. The van der Waals surface area contributed by atoms with E-state index in [1.54, 1.807) is 6.92 Å². The number of hydrogen-bond acceptors (Lipinski definition) is 3. The molecule has 0 fully saturated rings. The van der Waals surface area contributed by atoms with Gasteiger partial charge in [-0.3, -0.25) is 4.79 Å². The zero-order valence-corrected chi connectivity index (χ0v) is 10.8. The van der Waals surface area contributed by atoms with Crippen molar-refractivity contribution in [2.45, 2.75) is 25.8 Å². The van der Waals surface area contributed by atoms with Gasteiger partial charge in [0.05, 0.1) is 18.9 Å². The maximum atomic E-state index is 13.9. The van der Waals surface area contributed by atoms with Crippen LogP contribution in [0.15, 0.2) is 12.1 Å². The summed E-state index contributed by atoms with van der Waals surface area (Å²) < 4.78 is 47.0. The van der Waals surface area contributed by atoms with E-state index in [9.17, 15) is 18.0 Å². The van der Waals surface area contributed by atoms with Gasteiger partial charge in [0.15, 0.2) is 0 Å². The van der Waals surface area contributed by atoms with Gasteiger partial charge in [-0.15, -0.1) is 11.6 Å². The number of ether oxygens (including phenoxy) is 2.